The summed E-state index contributed by atoms with van der Waals surface area (Å²) in [5.41, 5.74) is 2.05. The van der Waals surface area contributed by atoms with Crippen molar-refractivity contribution in [2.75, 3.05) is 0 Å². The maximum atomic E-state index is 16.0. The van der Waals surface area contributed by atoms with E-state index in [1.807, 2.05) is 26.0 Å². The van der Waals surface area contributed by atoms with Gasteiger partial charge in [0.25, 0.3) is 0 Å². The summed E-state index contributed by atoms with van der Waals surface area (Å²) in [5, 5.41) is 10.8. The van der Waals surface area contributed by atoms with Gasteiger partial charge in [-0.25, -0.2) is 4.79 Å². The van der Waals surface area contributed by atoms with Crippen LogP contribution in [-0.4, -0.2) is 86.2 Å². The fourth-order valence-corrected chi connectivity index (χ4v) is 22.4. The summed E-state index contributed by atoms with van der Waals surface area (Å²) < 4.78 is 36.6. The first-order chi connectivity index (χ1) is 32.0. The Bertz CT molecular complexity index is 1550. The molecule has 1 rings (SSSR count). The summed E-state index contributed by atoms with van der Waals surface area (Å²) in [6.45, 7) is 44.4. The number of aliphatic hydroxyl groups excluding tert-OH is 1. The molecule has 8 nitrogen and oxygen atoms in total. The molecule has 0 aromatic carbocycles. The molecule has 12 heteroatoms. The number of Topliss-reactive ketones (excluding diaryl/α,β-unsaturated/α-hetero) is 1. The van der Waals surface area contributed by atoms with Gasteiger partial charge < -0.3 is 27.5 Å². The molecule has 0 bridgehead atoms. The van der Waals surface area contributed by atoms with E-state index in [0.717, 1.165) is 103 Å². The number of hydrogen-bond acceptors (Lipinski definition) is 8. The summed E-state index contributed by atoms with van der Waals surface area (Å²) in [6, 6.07) is 11.5. The van der Waals surface area contributed by atoms with E-state index in [9.17, 15) is 9.90 Å². The molecule has 0 unspecified atom stereocenters. The van der Waals surface area contributed by atoms with Crippen LogP contribution in [0.1, 0.15) is 176 Å². The molecule has 396 valence electrons. The van der Waals surface area contributed by atoms with Gasteiger partial charge >= 0.3 is 5.97 Å². The summed E-state index contributed by atoms with van der Waals surface area (Å²) in [6.07, 6.45) is 10.5. The van der Waals surface area contributed by atoms with Crippen molar-refractivity contribution in [2.45, 2.75) is 285 Å². The van der Waals surface area contributed by atoms with Crippen molar-refractivity contribution in [3.63, 3.8) is 0 Å². The van der Waals surface area contributed by atoms with Crippen LogP contribution in [-0.2, 0) is 32.0 Å². The Morgan fingerprint density at radius 1 is 0.721 bits per heavy atom. The van der Waals surface area contributed by atoms with E-state index in [2.05, 4.69) is 130 Å². The largest absolute Gasteiger partial charge is 0.459 e. The number of carbonyl (C=O) groups excluding carboxylic acids is 2. The fraction of sp³-hybridized carbons (Fsp3) is 0.821. The van der Waals surface area contributed by atoms with Gasteiger partial charge in [0.1, 0.15) is 6.10 Å². The van der Waals surface area contributed by atoms with E-state index in [1.54, 1.807) is 0 Å². The van der Waals surface area contributed by atoms with E-state index in [4.69, 9.17) is 22.4 Å². The molecule has 8 atom stereocenters. The second-order valence-corrected chi connectivity index (χ2v) is 40.2. The lowest BCUT2D eigenvalue weighted by atomic mass is 9.85. The lowest BCUT2D eigenvalue weighted by Gasteiger charge is -2.45. The number of aliphatic hydroxyl groups is 1. The highest BCUT2D eigenvalue weighted by Gasteiger charge is 2.48. The number of ether oxygens (including phenoxy) is 1. The minimum atomic E-state index is -2.39. The third-order valence-corrected chi connectivity index (χ3v) is 35.5. The molecule has 0 saturated heterocycles. The van der Waals surface area contributed by atoms with Gasteiger partial charge in [0.2, 0.25) is 0 Å². The molecular weight excluding hydrogens is 913 g/mol. The molecule has 0 fully saturated rings. The molecule has 0 aromatic heterocycles. The van der Waals surface area contributed by atoms with E-state index in [1.165, 1.54) is 0 Å². The second kappa shape index (κ2) is 31.4. The fourth-order valence-electron chi connectivity index (χ4n) is 10.7. The van der Waals surface area contributed by atoms with Crippen molar-refractivity contribution in [1.29, 1.82) is 0 Å². The Morgan fingerprint density at radius 3 is 1.71 bits per heavy atom. The van der Waals surface area contributed by atoms with Crippen LogP contribution in [0.3, 0.4) is 0 Å². The molecule has 0 aliphatic carbocycles. The Hall–Kier alpha value is -1.23. The number of allylic oxidation sites excluding steroid dienone is 4. The van der Waals surface area contributed by atoms with Crippen LogP contribution in [0, 0.1) is 11.8 Å². The zero-order chi connectivity index (χ0) is 51.9. The average Bonchev–Trinajstić information content (AvgIpc) is 3.32. The van der Waals surface area contributed by atoms with Crippen LogP contribution < -0.4 is 0 Å². The Labute approximate surface area is 424 Å². The van der Waals surface area contributed by atoms with Gasteiger partial charge in [-0.3, -0.25) is 4.79 Å². The minimum absolute atomic E-state index is 0.0618. The van der Waals surface area contributed by atoms with Gasteiger partial charge in [-0.05, 0) is 156 Å². The van der Waals surface area contributed by atoms with Crippen molar-refractivity contribution in [2.24, 2.45) is 11.8 Å². The standard InChI is InChI=1S/C56H108O8Si4/c1-20-65(21-2,22-3)61-51-42-52(58)54(63-67(26-7,27-8)28-9)53(62-66(23-4,24-5)25-6)47(16)41-49(18)60-55(59)46(15)36-32-33-37-50(57)38-34-35-44(13)39-45(14)40-48(17)56(19,43-51)64-68(29-10,30-11)31-12/h34,36,38,40,44,47,49-51,53-54,57H,14,20-33,35,37,39,41-43H2,1-13,15-19H3/b38-34+,46-36+,48-40+/t44-,47+,49-,50-,51+,53-,54-,56+/m0/s1. The SMILES string of the molecule is C=C1/C=C(\C)[C@](C)(O[Si](CC)(CC)CC)C[C@H](O[Si](CC)(CC)CC)CC(=O)[C@H](O[Si](CC)(CC)CC)[C@@H](O[Si](CC)(CC)CC)[C@H](C)C[C@H](C)OC(=O)/C(C)=C/CCC[C@H](O)/C=C/C[C@H](C)C1. The van der Waals surface area contributed by atoms with Gasteiger partial charge in [-0.1, -0.05) is 133 Å². The predicted octanol–water partition coefficient (Wildman–Crippen LogP) is 16.2. The van der Waals surface area contributed by atoms with Gasteiger partial charge in [0.15, 0.2) is 39.1 Å². The monoisotopic (exact) mass is 1020 g/mol. The van der Waals surface area contributed by atoms with Crippen molar-refractivity contribution < 1.29 is 37.1 Å². The maximum Gasteiger partial charge on any atom is 0.333 e. The molecule has 0 spiro atoms. The number of hydrogen-bond donors (Lipinski definition) is 1. The third kappa shape index (κ3) is 19.7. The molecule has 1 N–H and O–H groups in total. The highest BCUT2D eigenvalue weighted by Crippen LogP contribution is 2.40. The highest BCUT2D eigenvalue weighted by atomic mass is 28.4. The molecule has 1 heterocycles. The smallest absolute Gasteiger partial charge is 0.333 e. The topological polar surface area (TPSA) is 101 Å². The van der Waals surface area contributed by atoms with Gasteiger partial charge in [-0.15, -0.1) is 0 Å². The van der Waals surface area contributed by atoms with Gasteiger partial charge in [0.05, 0.1) is 30.0 Å². The zero-order valence-corrected chi connectivity index (χ0v) is 51.5. The van der Waals surface area contributed by atoms with Crippen LogP contribution >= 0.6 is 0 Å². The molecule has 0 radical (unpaired) electrons. The minimum Gasteiger partial charge on any atom is -0.459 e. The average molecular weight is 1020 g/mol. The quantitative estimate of drug-likeness (QED) is 0.0731. The van der Waals surface area contributed by atoms with Crippen LogP contribution in [0.5, 0.6) is 0 Å². The van der Waals surface area contributed by atoms with Crippen molar-refractivity contribution in [1.82, 2.24) is 0 Å². The van der Waals surface area contributed by atoms with Crippen molar-refractivity contribution >= 4 is 45.0 Å². The first-order valence-corrected chi connectivity index (χ1v) is 38.0. The molecular formula is C56H108O8Si4. The maximum absolute atomic E-state index is 16.0. The van der Waals surface area contributed by atoms with E-state index >= 15 is 4.79 Å². The van der Waals surface area contributed by atoms with Gasteiger partial charge in [0, 0.05) is 18.4 Å². The summed E-state index contributed by atoms with van der Waals surface area (Å²) in [7, 11) is -9.17. The second-order valence-electron chi connectivity index (χ2n) is 21.3. The predicted molar refractivity (Wildman–Crippen MR) is 301 cm³/mol. The molecule has 68 heavy (non-hydrogen) atoms. The molecule has 1 aliphatic heterocycles. The Balaban J connectivity index is 4.39. The van der Waals surface area contributed by atoms with Gasteiger partial charge in [-0.2, -0.15) is 0 Å². The number of cyclic esters (lactones) is 1. The molecule has 1 aliphatic rings. The van der Waals surface area contributed by atoms with Crippen molar-refractivity contribution in [3.8, 4) is 0 Å². The number of carbonyl (C=O) groups is 2. The number of rotatable bonds is 20. The first kappa shape index (κ1) is 64.8. The molecule has 0 amide bonds. The van der Waals surface area contributed by atoms with Crippen LogP contribution in [0.2, 0.25) is 72.5 Å². The highest BCUT2D eigenvalue weighted by molar-refractivity contribution is 6.75. The van der Waals surface area contributed by atoms with Crippen LogP contribution in [0.25, 0.3) is 0 Å². The number of esters is 1. The third-order valence-electron chi connectivity index (χ3n) is 16.8. The summed E-state index contributed by atoms with van der Waals surface area (Å²) in [4.78, 5) is 29.5. The normalized spacial score (nSPS) is 29.2. The van der Waals surface area contributed by atoms with E-state index < -0.39 is 69.4 Å². The Morgan fingerprint density at radius 2 is 1.21 bits per heavy atom. The van der Waals surface area contributed by atoms with Crippen molar-refractivity contribution in [3.05, 3.63) is 47.6 Å². The first-order valence-electron chi connectivity index (χ1n) is 27.9. The number of ketones is 1. The van der Waals surface area contributed by atoms with Crippen LogP contribution in [0.15, 0.2) is 47.6 Å². The lowest BCUT2D eigenvalue weighted by Crippen LogP contribution is -2.55. The summed E-state index contributed by atoms with van der Waals surface area (Å²) >= 11 is 0. The summed E-state index contributed by atoms with van der Waals surface area (Å²) in [5.74, 6) is -0.0935. The molecule has 0 aromatic rings. The molecule has 0 saturated carbocycles. The lowest BCUT2D eigenvalue weighted by molar-refractivity contribution is -0.146. The zero-order valence-electron chi connectivity index (χ0n) is 47.5. The van der Waals surface area contributed by atoms with E-state index in [-0.39, 0.29) is 24.1 Å². The van der Waals surface area contributed by atoms with E-state index in [0.29, 0.717) is 37.2 Å². The Kier molecular flexibility index (Phi) is 29.9. The van der Waals surface area contributed by atoms with Crippen LogP contribution in [0.4, 0.5) is 0 Å².